The van der Waals surface area contributed by atoms with Gasteiger partial charge in [-0.25, -0.2) is 9.48 Å². The van der Waals surface area contributed by atoms with E-state index >= 15 is 0 Å². The predicted octanol–water partition coefficient (Wildman–Crippen LogP) is 2.82. The van der Waals surface area contributed by atoms with Crippen LogP contribution < -0.4 is 5.32 Å². The normalized spacial score (nSPS) is 10.8. The van der Waals surface area contributed by atoms with Crippen molar-refractivity contribution < 1.29 is 14.3 Å². The summed E-state index contributed by atoms with van der Waals surface area (Å²) >= 11 is 6.29. The number of ether oxygens (including phenoxy) is 1. The van der Waals surface area contributed by atoms with Gasteiger partial charge in [-0.2, -0.15) is 5.10 Å². The minimum atomic E-state index is -0.651. The third-order valence-electron chi connectivity index (χ3n) is 3.49. The molecule has 134 valence electrons. The Morgan fingerprint density at radius 3 is 2.60 bits per heavy atom. The average molecular weight is 364 g/mol. The highest BCUT2D eigenvalue weighted by atomic mass is 35.5. The average Bonchev–Trinajstić information content (AvgIpc) is 2.85. The minimum absolute atomic E-state index is 0.189. The van der Waals surface area contributed by atoms with Crippen LogP contribution >= 0.6 is 11.6 Å². The summed E-state index contributed by atoms with van der Waals surface area (Å²) in [7, 11) is 0. The van der Waals surface area contributed by atoms with Crippen LogP contribution in [0.25, 0.3) is 0 Å². The van der Waals surface area contributed by atoms with Crippen LogP contribution in [-0.2, 0) is 16.1 Å². The van der Waals surface area contributed by atoms with Gasteiger partial charge in [-0.15, -0.1) is 0 Å². The molecule has 0 aliphatic carbocycles. The Morgan fingerprint density at radius 1 is 1.28 bits per heavy atom. The number of aryl methyl sites for hydroxylation is 1. The fourth-order valence-electron chi connectivity index (χ4n) is 2.22. The maximum Gasteiger partial charge on any atom is 0.343 e. The van der Waals surface area contributed by atoms with E-state index in [0.29, 0.717) is 24.7 Å². The Kier molecular flexibility index (Phi) is 6.58. The van der Waals surface area contributed by atoms with Crippen LogP contribution in [0, 0.1) is 12.8 Å². The van der Waals surface area contributed by atoms with Gasteiger partial charge < -0.3 is 10.1 Å². The van der Waals surface area contributed by atoms with Crippen molar-refractivity contribution in [3.63, 3.8) is 0 Å². The summed E-state index contributed by atoms with van der Waals surface area (Å²) in [6.07, 6.45) is 0. The minimum Gasteiger partial charge on any atom is -0.452 e. The number of nitrogens with one attached hydrogen (secondary N) is 1. The molecule has 1 N–H and O–H groups in total. The number of halogens is 1. The van der Waals surface area contributed by atoms with Crippen LogP contribution in [0.4, 0.5) is 0 Å². The lowest BCUT2D eigenvalue weighted by molar-refractivity contribution is -0.124. The molecule has 0 aliphatic heterocycles. The van der Waals surface area contributed by atoms with Crippen LogP contribution in [-0.4, -0.2) is 34.8 Å². The van der Waals surface area contributed by atoms with Crippen molar-refractivity contribution in [3.8, 4) is 0 Å². The second-order valence-electron chi connectivity index (χ2n) is 6.17. The van der Waals surface area contributed by atoms with E-state index in [1.165, 1.54) is 0 Å². The van der Waals surface area contributed by atoms with Gasteiger partial charge in [0.1, 0.15) is 10.7 Å². The van der Waals surface area contributed by atoms with Gasteiger partial charge >= 0.3 is 5.97 Å². The number of amides is 1. The van der Waals surface area contributed by atoms with Gasteiger partial charge in [-0.1, -0.05) is 55.8 Å². The van der Waals surface area contributed by atoms with Gasteiger partial charge in [0.05, 0.1) is 12.2 Å². The van der Waals surface area contributed by atoms with E-state index in [4.69, 9.17) is 16.3 Å². The molecule has 0 fully saturated rings. The number of nitrogens with zero attached hydrogens (tertiary/aromatic N) is 2. The van der Waals surface area contributed by atoms with Crippen LogP contribution in [0.2, 0.25) is 5.15 Å². The van der Waals surface area contributed by atoms with Crippen molar-refractivity contribution in [2.24, 2.45) is 5.92 Å². The SMILES string of the molecule is Cc1nn(Cc2ccccc2)c(Cl)c1C(=O)OCC(=O)NCC(C)C. The first kappa shape index (κ1) is 19.0. The van der Waals surface area contributed by atoms with Gasteiger partial charge in [0.15, 0.2) is 6.61 Å². The third kappa shape index (κ3) is 5.32. The highest BCUT2D eigenvalue weighted by Crippen LogP contribution is 2.21. The maximum absolute atomic E-state index is 12.3. The summed E-state index contributed by atoms with van der Waals surface area (Å²) in [6, 6.07) is 9.66. The summed E-state index contributed by atoms with van der Waals surface area (Å²) < 4.78 is 6.60. The van der Waals surface area contributed by atoms with Crippen molar-refractivity contribution in [1.29, 1.82) is 0 Å². The molecular formula is C18H22ClN3O3. The molecule has 0 saturated heterocycles. The lowest BCUT2D eigenvalue weighted by atomic mass is 10.2. The molecule has 0 unspecified atom stereocenters. The van der Waals surface area contributed by atoms with Crippen molar-refractivity contribution in [3.05, 3.63) is 52.3 Å². The second kappa shape index (κ2) is 8.67. The van der Waals surface area contributed by atoms with E-state index in [1.54, 1.807) is 11.6 Å². The number of rotatable bonds is 7. The summed E-state index contributed by atoms with van der Waals surface area (Å²) in [5.74, 6) is -0.665. The Morgan fingerprint density at radius 2 is 1.96 bits per heavy atom. The zero-order valence-electron chi connectivity index (χ0n) is 14.6. The number of aromatic nitrogens is 2. The predicted molar refractivity (Wildman–Crippen MR) is 95.6 cm³/mol. The number of hydrogen-bond acceptors (Lipinski definition) is 4. The molecule has 25 heavy (non-hydrogen) atoms. The van der Waals surface area contributed by atoms with Crippen LogP contribution in [0.1, 0.15) is 35.5 Å². The number of carbonyl (C=O) groups excluding carboxylic acids is 2. The lowest BCUT2D eigenvalue weighted by Crippen LogP contribution is -2.31. The first-order valence-electron chi connectivity index (χ1n) is 8.09. The molecule has 1 heterocycles. The van der Waals surface area contributed by atoms with E-state index in [1.807, 2.05) is 44.2 Å². The summed E-state index contributed by atoms with van der Waals surface area (Å²) in [6.45, 7) is 6.29. The number of esters is 1. The van der Waals surface area contributed by atoms with Crippen LogP contribution in [0.5, 0.6) is 0 Å². The molecule has 0 saturated carbocycles. The summed E-state index contributed by atoms with van der Waals surface area (Å²) in [5.41, 5.74) is 1.67. The fourth-order valence-corrected chi connectivity index (χ4v) is 2.53. The molecular weight excluding hydrogens is 342 g/mol. The smallest absolute Gasteiger partial charge is 0.343 e. The van der Waals surface area contributed by atoms with Crippen molar-refractivity contribution in [1.82, 2.24) is 15.1 Å². The van der Waals surface area contributed by atoms with E-state index in [2.05, 4.69) is 10.4 Å². The monoisotopic (exact) mass is 363 g/mol. The highest BCUT2D eigenvalue weighted by Gasteiger charge is 2.22. The van der Waals surface area contributed by atoms with Gasteiger partial charge in [0.2, 0.25) is 0 Å². The molecule has 1 aromatic carbocycles. The molecule has 6 nitrogen and oxygen atoms in total. The Labute approximate surface area is 152 Å². The van der Waals surface area contributed by atoms with Gasteiger partial charge in [0.25, 0.3) is 5.91 Å². The van der Waals surface area contributed by atoms with Crippen LogP contribution in [0.15, 0.2) is 30.3 Å². The number of carbonyl (C=O) groups is 2. The molecule has 0 radical (unpaired) electrons. The quantitative estimate of drug-likeness (QED) is 0.768. The number of hydrogen-bond donors (Lipinski definition) is 1. The molecule has 0 atom stereocenters. The van der Waals surface area contributed by atoms with Crippen molar-refractivity contribution >= 4 is 23.5 Å². The Bertz CT molecular complexity index is 742. The van der Waals surface area contributed by atoms with Crippen molar-refractivity contribution in [2.75, 3.05) is 13.2 Å². The third-order valence-corrected chi connectivity index (χ3v) is 3.87. The molecule has 7 heteroatoms. The molecule has 2 aromatic rings. The molecule has 0 aliphatic rings. The Balaban J connectivity index is 2.01. The fraction of sp³-hybridized carbons (Fsp3) is 0.389. The van der Waals surface area contributed by atoms with Crippen molar-refractivity contribution in [2.45, 2.75) is 27.3 Å². The summed E-state index contributed by atoms with van der Waals surface area (Å²) in [5, 5.41) is 7.19. The van der Waals surface area contributed by atoms with Gasteiger partial charge in [0, 0.05) is 6.54 Å². The molecule has 1 aromatic heterocycles. The molecule has 0 bridgehead atoms. The zero-order valence-corrected chi connectivity index (χ0v) is 15.3. The second-order valence-corrected chi connectivity index (χ2v) is 6.53. The topological polar surface area (TPSA) is 73.2 Å². The highest BCUT2D eigenvalue weighted by molar-refractivity contribution is 6.32. The van der Waals surface area contributed by atoms with E-state index in [9.17, 15) is 9.59 Å². The summed E-state index contributed by atoms with van der Waals surface area (Å²) in [4.78, 5) is 23.9. The van der Waals surface area contributed by atoms with Gasteiger partial charge in [-0.05, 0) is 18.4 Å². The first-order chi connectivity index (χ1) is 11.9. The zero-order chi connectivity index (χ0) is 18.4. The standard InChI is InChI=1S/C18H22ClN3O3/c1-12(2)9-20-15(23)11-25-18(24)16-13(3)21-22(17(16)19)10-14-7-5-4-6-8-14/h4-8,12H,9-11H2,1-3H3,(H,20,23). The van der Waals surface area contributed by atoms with E-state index in [-0.39, 0.29) is 23.2 Å². The maximum atomic E-state index is 12.3. The Hall–Kier alpha value is -2.34. The van der Waals surface area contributed by atoms with E-state index < -0.39 is 5.97 Å². The number of benzene rings is 1. The van der Waals surface area contributed by atoms with Gasteiger partial charge in [-0.3, -0.25) is 4.79 Å². The lowest BCUT2D eigenvalue weighted by Gasteiger charge is -2.08. The largest absolute Gasteiger partial charge is 0.452 e. The molecule has 0 spiro atoms. The molecule has 1 amide bonds. The van der Waals surface area contributed by atoms with Crippen LogP contribution in [0.3, 0.4) is 0 Å². The van der Waals surface area contributed by atoms with E-state index in [0.717, 1.165) is 5.56 Å². The molecule has 2 rings (SSSR count). The first-order valence-corrected chi connectivity index (χ1v) is 8.47.